The van der Waals surface area contributed by atoms with E-state index in [9.17, 15) is 29.4 Å². The molecule has 17 nitrogen and oxygen atoms in total. The summed E-state index contributed by atoms with van der Waals surface area (Å²) >= 11 is 0. The molecule has 0 unspecified atom stereocenters. The second-order valence-corrected chi connectivity index (χ2v) is 14.4. The van der Waals surface area contributed by atoms with Crippen LogP contribution in [0.3, 0.4) is 0 Å². The highest BCUT2D eigenvalue weighted by molar-refractivity contribution is 5.93. The lowest BCUT2D eigenvalue weighted by molar-refractivity contribution is -0.138. The lowest BCUT2D eigenvalue weighted by atomic mass is 10.0. The standard InChI is InChI=1S/C22H23N3O5.C20H20N4O4.H3N/c1-3-29-20(26)18-17-8-5-13-30-19(17)25(23-18)16-7-4-6-15(14-16)9-10-22(28)11-12-24(2)21(22)27;1-23-10-9-20(27,19(23)26)8-7-13-4-2-5-14(12-13)24-18-15(6-3-11-28-18)16(22-24)17(21)25;/h4,6-7,14,28H,3,5,8,11-13H2,1-2H3;2,4-5,12,27H,3,6,9-11H2,1H3,(H2,21,25);1H3/t22-;20-;/m00./s1. The molecule has 17 heteroatoms. The van der Waals surface area contributed by atoms with Crippen molar-refractivity contribution in [2.75, 3.05) is 47.0 Å². The number of likely N-dealkylation sites (N-methyl/N-ethyl adjacent to an activating group) is 2. The summed E-state index contributed by atoms with van der Waals surface area (Å²) in [5.74, 6) is 10.4. The zero-order valence-electron chi connectivity index (χ0n) is 33.1. The largest absolute Gasteiger partial charge is 0.477 e. The molecule has 2 atom stereocenters. The van der Waals surface area contributed by atoms with Crippen LogP contribution in [-0.2, 0) is 27.2 Å². The van der Waals surface area contributed by atoms with Crippen molar-refractivity contribution < 1.29 is 43.6 Å². The number of aliphatic hydroxyl groups is 2. The van der Waals surface area contributed by atoms with Gasteiger partial charge >= 0.3 is 5.97 Å². The number of ether oxygens (including phenoxy) is 3. The monoisotopic (exact) mass is 806 g/mol. The van der Waals surface area contributed by atoms with Crippen molar-refractivity contribution in [1.29, 1.82) is 0 Å². The van der Waals surface area contributed by atoms with Gasteiger partial charge in [-0.25, -0.2) is 9.48 Å². The smallest absolute Gasteiger partial charge is 0.359 e. The highest BCUT2D eigenvalue weighted by Crippen LogP contribution is 2.33. The number of hydrogen-bond acceptors (Lipinski definition) is 12. The maximum atomic E-state index is 12.3. The molecule has 308 valence electrons. The number of benzene rings is 2. The van der Waals surface area contributed by atoms with E-state index >= 15 is 0 Å². The van der Waals surface area contributed by atoms with E-state index in [0.717, 1.165) is 18.4 Å². The van der Waals surface area contributed by atoms with Gasteiger partial charge < -0.3 is 46.1 Å². The van der Waals surface area contributed by atoms with E-state index in [1.807, 2.05) is 12.1 Å². The molecule has 0 aliphatic carbocycles. The lowest BCUT2D eigenvalue weighted by Gasteiger charge is -2.15. The normalized spacial score (nSPS) is 20.2. The van der Waals surface area contributed by atoms with Crippen LogP contribution in [0.25, 0.3) is 11.4 Å². The number of likely N-dealkylation sites (tertiary alicyclic amines) is 2. The Kier molecular flexibility index (Phi) is 12.1. The molecule has 7 N–H and O–H groups in total. The summed E-state index contributed by atoms with van der Waals surface area (Å²) in [6, 6.07) is 14.3. The first-order valence-corrected chi connectivity index (χ1v) is 19.0. The summed E-state index contributed by atoms with van der Waals surface area (Å²) in [5, 5.41) is 29.7. The fraction of sp³-hybridized carbons (Fsp3) is 0.381. The second kappa shape index (κ2) is 17.1. The number of nitrogens with two attached hydrogens (primary N) is 1. The Bertz CT molecular complexity index is 2440. The molecular formula is C42H46N8O9. The molecule has 3 amide bonds. The van der Waals surface area contributed by atoms with Crippen LogP contribution < -0.4 is 21.4 Å². The summed E-state index contributed by atoms with van der Waals surface area (Å²) in [6.45, 7) is 4.04. The fourth-order valence-electron chi connectivity index (χ4n) is 7.09. The molecule has 4 aliphatic heterocycles. The van der Waals surface area contributed by atoms with Crippen molar-refractivity contribution in [1.82, 2.24) is 35.5 Å². The average molecular weight is 807 g/mol. The number of fused-ring (bicyclic) bond motifs is 2. The molecule has 59 heavy (non-hydrogen) atoms. The first-order valence-electron chi connectivity index (χ1n) is 19.0. The number of carbonyl (C=O) groups is 4. The number of esters is 1. The van der Waals surface area contributed by atoms with Crippen LogP contribution in [0.4, 0.5) is 0 Å². The molecule has 2 aromatic carbocycles. The van der Waals surface area contributed by atoms with Crippen LogP contribution in [0.1, 0.15) is 75.8 Å². The lowest BCUT2D eigenvalue weighted by Crippen LogP contribution is -2.37. The molecule has 0 saturated carbocycles. The maximum absolute atomic E-state index is 12.3. The first-order chi connectivity index (χ1) is 27.8. The second-order valence-electron chi connectivity index (χ2n) is 14.4. The predicted molar refractivity (Wildman–Crippen MR) is 212 cm³/mol. The molecule has 0 radical (unpaired) electrons. The topological polar surface area (TPSA) is 240 Å². The highest BCUT2D eigenvalue weighted by atomic mass is 16.5. The summed E-state index contributed by atoms with van der Waals surface area (Å²) in [7, 11) is 3.28. The molecule has 4 aromatic rings. The van der Waals surface area contributed by atoms with Gasteiger partial charge in [0.05, 0.1) is 31.2 Å². The van der Waals surface area contributed by atoms with Crippen molar-refractivity contribution in [3.05, 3.63) is 82.2 Å². The van der Waals surface area contributed by atoms with Gasteiger partial charge in [-0.3, -0.25) is 14.4 Å². The minimum Gasteiger partial charge on any atom is -0.477 e. The number of carbonyl (C=O) groups excluding carboxylic acids is 4. The van der Waals surface area contributed by atoms with Crippen LogP contribution in [0.2, 0.25) is 0 Å². The van der Waals surface area contributed by atoms with E-state index in [2.05, 4.69) is 33.9 Å². The van der Waals surface area contributed by atoms with E-state index < -0.39 is 29.0 Å². The van der Waals surface area contributed by atoms with Gasteiger partial charge in [0, 0.05) is 62.3 Å². The molecule has 0 spiro atoms. The molecule has 2 fully saturated rings. The Morgan fingerprint density at radius 2 is 1.25 bits per heavy atom. The minimum absolute atomic E-state index is 0. The van der Waals surface area contributed by atoms with E-state index in [1.165, 1.54) is 9.80 Å². The van der Waals surface area contributed by atoms with E-state index in [-0.39, 0.29) is 42.9 Å². The predicted octanol–water partition coefficient (Wildman–Crippen LogP) is 1.72. The third-order valence-electron chi connectivity index (χ3n) is 10.2. The summed E-state index contributed by atoms with van der Waals surface area (Å²) < 4.78 is 19.8. The molecule has 2 saturated heterocycles. The SMILES string of the molecule is CCOC(=O)c1nn(-c2cccc(C#C[C@]3(O)CCN(C)C3=O)c2)c2c1CCCO2.CN1CC[C@@](O)(C#Cc2cccc(-n3nc(C(N)=O)c4c3OCCC4)c2)C1=O.N. The molecule has 6 heterocycles. The zero-order valence-corrected chi connectivity index (χ0v) is 33.1. The van der Waals surface area contributed by atoms with Gasteiger partial charge in [0.2, 0.25) is 23.0 Å². The van der Waals surface area contributed by atoms with Crippen molar-refractivity contribution >= 4 is 23.7 Å². The molecule has 4 aliphatic rings. The Morgan fingerprint density at radius 3 is 1.68 bits per heavy atom. The van der Waals surface area contributed by atoms with Gasteiger partial charge in [-0.15, -0.1) is 0 Å². The van der Waals surface area contributed by atoms with Crippen LogP contribution in [0.15, 0.2) is 48.5 Å². The van der Waals surface area contributed by atoms with Gasteiger partial charge in [-0.1, -0.05) is 35.8 Å². The van der Waals surface area contributed by atoms with E-state index in [4.69, 9.17) is 19.9 Å². The van der Waals surface area contributed by atoms with Crippen molar-refractivity contribution in [3.8, 4) is 46.8 Å². The van der Waals surface area contributed by atoms with Gasteiger partial charge in [0.1, 0.15) is 0 Å². The fourth-order valence-corrected chi connectivity index (χ4v) is 7.09. The number of amides is 3. The first kappa shape index (κ1) is 42.0. The summed E-state index contributed by atoms with van der Waals surface area (Å²) in [4.78, 5) is 51.2. The van der Waals surface area contributed by atoms with Crippen LogP contribution >= 0.6 is 0 Å². The Labute approximate surface area is 340 Å². The van der Waals surface area contributed by atoms with Gasteiger partial charge in [-0.2, -0.15) is 14.9 Å². The number of aromatic nitrogens is 4. The minimum atomic E-state index is -1.66. The quantitative estimate of drug-likeness (QED) is 0.167. The highest BCUT2D eigenvalue weighted by Gasteiger charge is 2.43. The Hall–Kier alpha value is -6.66. The third kappa shape index (κ3) is 8.35. The molecule has 0 bridgehead atoms. The summed E-state index contributed by atoms with van der Waals surface area (Å²) in [6.07, 6.45) is 3.51. The van der Waals surface area contributed by atoms with Crippen LogP contribution in [-0.4, -0.2) is 121 Å². The molecular weight excluding hydrogens is 761 g/mol. The zero-order chi connectivity index (χ0) is 41.2. The van der Waals surface area contributed by atoms with Crippen molar-refractivity contribution in [2.45, 2.75) is 56.7 Å². The van der Waals surface area contributed by atoms with Gasteiger partial charge in [0.15, 0.2) is 11.4 Å². The average Bonchev–Trinajstić information content (AvgIpc) is 3.96. The number of primary amides is 1. The Balaban J connectivity index is 0.000000195. The van der Waals surface area contributed by atoms with Gasteiger partial charge in [-0.05, 0) is 69.0 Å². The van der Waals surface area contributed by atoms with Crippen molar-refractivity contribution in [2.24, 2.45) is 5.73 Å². The van der Waals surface area contributed by atoms with E-state index in [0.29, 0.717) is 79.0 Å². The Morgan fingerprint density at radius 1 is 0.797 bits per heavy atom. The number of nitrogens with zero attached hydrogens (tertiary/aromatic N) is 6. The van der Waals surface area contributed by atoms with E-state index in [1.54, 1.807) is 66.8 Å². The number of rotatable bonds is 5. The summed E-state index contributed by atoms with van der Waals surface area (Å²) in [5.41, 5.74) is 6.60. The van der Waals surface area contributed by atoms with Crippen LogP contribution in [0, 0.1) is 23.7 Å². The molecule has 8 rings (SSSR count). The third-order valence-corrected chi connectivity index (χ3v) is 10.2. The molecule has 2 aromatic heterocycles. The maximum Gasteiger partial charge on any atom is 0.359 e. The van der Waals surface area contributed by atoms with Crippen molar-refractivity contribution in [3.63, 3.8) is 0 Å². The van der Waals surface area contributed by atoms with Crippen LogP contribution in [0.5, 0.6) is 11.8 Å². The van der Waals surface area contributed by atoms with Gasteiger partial charge in [0.25, 0.3) is 17.7 Å². The number of hydrogen-bond donors (Lipinski definition) is 4.